The summed E-state index contributed by atoms with van der Waals surface area (Å²) >= 11 is 0. The van der Waals surface area contributed by atoms with Gasteiger partial charge < -0.3 is 16.0 Å². The first-order valence-electron chi connectivity index (χ1n) is 7.59. The zero-order chi connectivity index (χ0) is 15.4. The van der Waals surface area contributed by atoms with Crippen LogP contribution in [0.1, 0.15) is 37.0 Å². The lowest BCUT2D eigenvalue weighted by Crippen LogP contribution is -2.41. The van der Waals surface area contributed by atoms with Crippen molar-refractivity contribution in [3.63, 3.8) is 0 Å². The van der Waals surface area contributed by atoms with Crippen LogP contribution >= 0.6 is 0 Å². The van der Waals surface area contributed by atoms with Gasteiger partial charge >= 0.3 is 0 Å². The number of nitrogens with zero attached hydrogens (tertiary/aromatic N) is 1. The molecule has 1 aromatic carbocycles. The molecule has 0 aliphatic carbocycles. The second-order valence-corrected chi connectivity index (χ2v) is 5.79. The zero-order valence-corrected chi connectivity index (χ0v) is 12.7. The van der Waals surface area contributed by atoms with E-state index >= 15 is 0 Å². The average Bonchev–Trinajstić information content (AvgIpc) is 2.49. The van der Waals surface area contributed by atoms with Gasteiger partial charge in [-0.2, -0.15) is 0 Å². The molecular weight excluding hydrogens is 269 g/mol. The van der Waals surface area contributed by atoms with Gasteiger partial charge in [0, 0.05) is 18.2 Å². The quantitative estimate of drug-likeness (QED) is 0.876. The summed E-state index contributed by atoms with van der Waals surface area (Å²) in [4.78, 5) is 13.6. The molecule has 3 N–H and O–H groups in total. The number of nitrogens with one attached hydrogen (secondary N) is 1. The summed E-state index contributed by atoms with van der Waals surface area (Å²) in [7, 11) is 0. The molecule has 0 aromatic heterocycles. The Bertz CT molecular complexity index is 506. The van der Waals surface area contributed by atoms with Crippen molar-refractivity contribution in [3.8, 4) is 0 Å². The van der Waals surface area contributed by atoms with Crippen LogP contribution in [0.25, 0.3) is 0 Å². The Kier molecular flexibility index (Phi) is 5.17. The van der Waals surface area contributed by atoms with Crippen LogP contribution in [0.5, 0.6) is 0 Å². The van der Waals surface area contributed by atoms with Gasteiger partial charge in [-0.25, -0.2) is 4.39 Å². The summed E-state index contributed by atoms with van der Waals surface area (Å²) in [5.41, 5.74) is 5.92. The predicted octanol–water partition coefficient (Wildman–Crippen LogP) is 2.46. The number of carbonyl (C=O) groups excluding carboxylic acids is 1. The summed E-state index contributed by atoms with van der Waals surface area (Å²) in [5.74, 6) is -0.411. The fraction of sp³-hybridized carbons (Fsp3) is 0.562. The highest BCUT2D eigenvalue weighted by Gasteiger charge is 2.24. The van der Waals surface area contributed by atoms with Gasteiger partial charge in [0.1, 0.15) is 5.82 Å². The molecule has 2 rings (SSSR count). The number of nitrogens with two attached hydrogens (primary N) is 1. The normalized spacial score (nSPS) is 21.0. The van der Waals surface area contributed by atoms with Gasteiger partial charge in [0.15, 0.2) is 0 Å². The van der Waals surface area contributed by atoms with Gasteiger partial charge in [-0.1, -0.05) is 6.92 Å². The van der Waals surface area contributed by atoms with Gasteiger partial charge in [0.05, 0.1) is 5.69 Å². The van der Waals surface area contributed by atoms with Crippen molar-refractivity contribution in [2.24, 2.45) is 11.7 Å². The number of halogens is 1. The number of benzene rings is 1. The molecule has 5 heteroatoms. The van der Waals surface area contributed by atoms with Crippen LogP contribution in [-0.2, 0) is 0 Å². The molecule has 2 atom stereocenters. The van der Waals surface area contributed by atoms with E-state index in [2.05, 4.69) is 24.1 Å². The minimum Gasteiger partial charge on any atom is -0.380 e. The number of carbonyl (C=O) groups is 1. The second kappa shape index (κ2) is 6.89. The zero-order valence-electron chi connectivity index (χ0n) is 12.7. The third-order valence-electron chi connectivity index (χ3n) is 4.33. The smallest absolute Gasteiger partial charge is 0.248 e. The first kappa shape index (κ1) is 15.8. The summed E-state index contributed by atoms with van der Waals surface area (Å²) in [6.07, 6.45) is 2.32. The molecule has 1 aliphatic heterocycles. The lowest BCUT2D eigenvalue weighted by atomic mass is 9.91. The van der Waals surface area contributed by atoms with Gasteiger partial charge in [0.2, 0.25) is 5.91 Å². The van der Waals surface area contributed by atoms with Gasteiger partial charge in [-0.05, 0) is 57.0 Å². The Balaban J connectivity index is 2.06. The van der Waals surface area contributed by atoms with E-state index in [4.69, 9.17) is 5.73 Å². The van der Waals surface area contributed by atoms with Crippen molar-refractivity contribution in [3.05, 3.63) is 29.6 Å². The van der Waals surface area contributed by atoms with E-state index in [-0.39, 0.29) is 11.9 Å². The number of hydrogen-bond donors (Lipinski definition) is 2. The van der Waals surface area contributed by atoms with Crippen LogP contribution in [0.2, 0.25) is 0 Å². The van der Waals surface area contributed by atoms with Crippen molar-refractivity contribution >= 4 is 11.6 Å². The van der Waals surface area contributed by atoms with Gasteiger partial charge in [0.25, 0.3) is 0 Å². The number of likely N-dealkylation sites (tertiary alicyclic amines) is 1. The van der Waals surface area contributed by atoms with Crippen molar-refractivity contribution < 1.29 is 9.18 Å². The number of primary amides is 1. The second-order valence-electron chi connectivity index (χ2n) is 5.79. The number of anilines is 1. The first-order valence-corrected chi connectivity index (χ1v) is 7.59. The molecule has 1 amide bonds. The highest BCUT2D eigenvalue weighted by atomic mass is 19.1. The molecule has 1 heterocycles. The maximum Gasteiger partial charge on any atom is 0.248 e. The standard InChI is InChI=1S/C16H24FN3O/c1-3-20-8-4-5-13(10-20)11(2)19-15-9-12(16(18)21)6-7-14(15)17/h6-7,9,11,13,19H,3-5,8,10H2,1-2H3,(H2,18,21). The molecule has 1 saturated heterocycles. The molecular formula is C16H24FN3O. The molecule has 1 aromatic rings. The molecule has 1 fully saturated rings. The molecule has 2 unspecified atom stereocenters. The Morgan fingerprint density at radius 2 is 2.33 bits per heavy atom. The van der Waals surface area contributed by atoms with Gasteiger partial charge in [-0.3, -0.25) is 4.79 Å². The largest absolute Gasteiger partial charge is 0.380 e. The highest BCUT2D eigenvalue weighted by molar-refractivity contribution is 5.93. The van der Waals surface area contributed by atoms with Crippen LogP contribution in [-0.4, -0.2) is 36.5 Å². The van der Waals surface area contributed by atoms with Gasteiger partial charge in [-0.15, -0.1) is 0 Å². The summed E-state index contributed by atoms with van der Waals surface area (Å²) in [5, 5.41) is 3.21. The van der Waals surface area contributed by atoms with E-state index < -0.39 is 5.91 Å². The van der Waals surface area contributed by atoms with E-state index in [9.17, 15) is 9.18 Å². The molecule has 0 radical (unpaired) electrons. The minimum atomic E-state index is -0.541. The molecule has 4 nitrogen and oxygen atoms in total. The van der Waals surface area contributed by atoms with Crippen LogP contribution in [0.3, 0.4) is 0 Å². The lowest BCUT2D eigenvalue weighted by molar-refractivity contribution is 0.100. The van der Waals surface area contributed by atoms with Crippen molar-refractivity contribution in [1.82, 2.24) is 4.90 Å². The van der Waals surface area contributed by atoms with Crippen molar-refractivity contribution in [2.75, 3.05) is 25.0 Å². The minimum absolute atomic E-state index is 0.150. The lowest BCUT2D eigenvalue weighted by Gasteiger charge is -2.35. The topological polar surface area (TPSA) is 58.4 Å². The fourth-order valence-corrected chi connectivity index (χ4v) is 2.94. The third-order valence-corrected chi connectivity index (χ3v) is 4.33. The number of rotatable bonds is 5. The summed E-state index contributed by atoms with van der Waals surface area (Å²) in [6.45, 7) is 7.46. The number of amides is 1. The Hall–Kier alpha value is -1.62. The maximum absolute atomic E-state index is 13.9. The SMILES string of the molecule is CCN1CCCC(C(C)Nc2cc(C(N)=O)ccc2F)C1. The van der Waals surface area contributed by atoms with E-state index in [1.165, 1.54) is 24.6 Å². The molecule has 116 valence electrons. The van der Waals surface area contributed by atoms with Crippen LogP contribution in [0, 0.1) is 11.7 Å². The highest BCUT2D eigenvalue weighted by Crippen LogP contribution is 2.24. The fourth-order valence-electron chi connectivity index (χ4n) is 2.94. The van der Waals surface area contributed by atoms with Crippen LogP contribution in [0.15, 0.2) is 18.2 Å². The van der Waals surface area contributed by atoms with Crippen molar-refractivity contribution in [2.45, 2.75) is 32.7 Å². The number of piperidine rings is 1. The average molecular weight is 293 g/mol. The maximum atomic E-state index is 13.9. The Morgan fingerprint density at radius 1 is 1.57 bits per heavy atom. The van der Waals surface area contributed by atoms with E-state index in [0.29, 0.717) is 17.2 Å². The summed E-state index contributed by atoms with van der Waals surface area (Å²) < 4.78 is 13.9. The van der Waals surface area contributed by atoms with Crippen LogP contribution in [0.4, 0.5) is 10.1 Å². The molecule has 1 aliphatic rings. The van der Waals surface area contributed by atoms with Crippen LogP contribution < -0.4 is 11.1 Å². The molecule has 0 saturated carbocycles. The first-order chi connectivity index (χ1) is 10.0. The summed E-state index contributed by atoms with van der Waals surface area (Å²) in [6, 6.07) is 4.34. The Morgan fingerprint density at radius 3 is 3.00 bits per heavy atom. The van der Waals surface area contributed by atoms with E-state index in [1.54, 1.807) is 0 Å². The molecule has 21 heavy (non-hydrogen) atoms. The monoisotopic (exact) mass is 293 g/mol. The van der Waals surface area contributed by atoms with E-state index in [1.807, 2.05) is 0 Å². The predicted molar refractivity (Wildman–Crippen MR) is 82.8 cm³/mol. The number of hydrogen-bond acceptors (Lipinski definition) is 3. The third kappa shape index (κ3) is 3.94. The van der Waals surface area contributed by atoms with Crippen molar-refractivity contribution in [1.29, 1.82) is 0 Å². The molecule has 0 bridgehead atoms. The Labute approximate surface area is 125 Å². The molecule has 0 spiro atoms. The van der Waals surface area contributed by atoms with E-state index in [0.717, 1.165) is 26.1 Å².